The van der Waals surface area contributed by atoms with Crippen LogP contribution >= 0.6 is 0 Å². The van der Waals surface area contributed by atoms with Gasteiger partial charge in [-0.1, -0.05) is 17.7 Å². The van der Waals surface area contributed by atoms with Crippen molar-refractivity contribution >= 4 is 17.5 Å². The van der Waals surface area contributed by atoms with Crippen LogP contribution in [0.5, 0.6) is 11.5 Å². The van der Waals surface area contributed by atoms with Gasteiger partial charge in [0, 0.05) is 36.8 Å². The van der Waals surface area contributed by atoms with Crippen LogP contribution in [-0.4, -0.2) is 43.5 Å². The van der Waals surface area contributed by atoms with Crippen LogP contribution in [0.25, 0.3) is 0 Å². The summed E-state index contributed by atoms with van der Waals surface area (Å²) in [5.74, 6) is 1.17. The van der Waals surface area contributed by atoms with E-state index in [0.29, 0.717) is 26.2 Å². The van der Waals surface area contributed by atoms with Gasteiger partial charge in [-0.25, -0.2) is 0 Å². The van der Waals surface area contributed by atoms with Gasteiger partial charge in [-0.15, -0.1) is 0 Å². The Bertz CT molecular complexity index is 978. The van der Waals surface area contributed by atoms with E-state index < -0.39 is 0 Å². The molecule has 30 heavy (non-hydrogen) atoms. The molecule has 1 saturated heterocycles. The number of rotatable bonds is 3. The molecule has 1 fully saturated rings. The summed E-state index contributed by atoms with van der Waals surface area (Å²) in [6.07, 6.45) is 0.248. The van der Waals surface area contributed by atoms with Crippen LogP contribution in [0.2, 0.25) is 0 Å². The molecule has 4 rings (SSSR count). The van der Waals surface area contributed by atoms with Gasteiger partial charge in [0.1, 0.15) is 18.1 Å². The van der Waals surface area contributed by atoms with Crippen LogP contribution in [-0.2, 0) is 16.1 Å². The molecular weight excluding hydrogens is 380 g/mol. The second-order valence-electron chi connectivity index (χ2n) is 8.23. The zero-order valence-corrected chi connectivity index (χ0v) is 18.0. The van der Waals surface area contributed by atoms with Crippen molar-refractivity contribution in [1.29, 1.82) is 0 Å². The van der Waals surface area contributed by atoms with Crippen molar-refractivity contribution in [2.75, 3.05) is 31.7 Å². The summed E-state index contributed by atoms with van der Waals surface area (Å²) in [5.41, 5.74) is 5.21. The second kappa shape index (κ2) is 8.01. The SMILES string of the molecule is COc1ccc2c(c1)OCCN(C(=O)C1CC(=O)N(c3c(C)cc(C)cc3C)C1)C2. The first-order chi connectivity index (χ1) is 14.4. The van der Waals surface area contributed by atoms with E-state index in [4.69, 9.17) is 9.47 Å². The first kappa shape index (κ1) is 20.3. The maximum Gasteiger partial charge on any atom is 0.228 e. The Morgan fingerprint density at radius 2 is 1.87 bits per heavy atom. The second-order valence-corrected chi connectivity index (χ2v) is 8.23. The number of benzene rings is 2. The lowest BCUT2D eigenvalue weighted by Crippen LogP contribution is -2.38. The number of carbonyl (C=O) groups is 2. The monoisotopic (exact) mass is 408 g/mol. The third kappa shape index (κ3) is 3.74. The minimum atomic E-state index is -0.336. The Labute approximate surface area is 177 Å². The van der Waals surface area contributed by atoms with Gasteiger partial charge in [0.15, 0.2) is 0 Å². The third-order valence-corrected chi connectivity index (χ3v) is 5.95. The third-order valence-electron chi connectivity index (χ3n) is 5.95. The maximum atomic E-state index is 13.3. The number of hydrogen-bond donors (Lipinski definition) is 0. The lowest BCUT2D eigenvalue weighted by atomic mass is 10.0. The normalized spacial score (nSPS) is 18.7. The Balaban J connectivity index is 1.52. The molecular formula is C24H28N2O4. The van der Waals surface area contributed by atoms with Gasteiger partial charge in [0.2, 0.25) is 11.8 Å². The molecule has 2 aliphatic heterocycles. The highest BCUT2D eigenvalue weighted by atomic mass is 16.5. The number of ether oxygens (including phenoxy) is 2. The minimum absolute atomic E-state index is 0.0135. The number of methoxy groups -OCH3 is 1. The van der Waals surface area contributed by atoms with Crippen molar-refractivity contribution < 1.29 is 19.1 Å². The number of carbonyl (C=O) groups excluding carboxylic acids is 2. The standard InChI is InChI=1S/C24H28N2O4/c1-15-9-16(2)23(17(3)10-15)26-14-19(11-22(26)27)24(28)25-7-8-30-21-12-20(29-4)6-5-18(21)13-25/h5-6,9-10,12,19H,7-8,11,13-14H2,1-4H3. The summed E-state index contributed by atoms with van der Waals surface area (Å²) in [6.45, 7) is 7.93. The summed E-state index contributed by atoms with van der Waals surface area (Å²) in [7, 11) is 1.62. The zero-order chi connectivity index (χ0) is 21.4. The van der Waals surface area contributed by atoms with E-state index >= 15 is 0 Å². The van der Waals surface area contributed by atoms with Gasteiger partial charge in [-0.05, 0) is 44.0 Å². The summed E-state index contributed by atoms with van der Waals surface area (Å²) in [6, 6.07) is 9.84. The van der Waals surface area contributed by atoms with Gasteiger partial charge in [0.05, 0.1) is 19.6 Å². The summed E-state index contributed by atoms with van der Waals surface area (Å²) in [5, 5.41) is 0. The number of aryl methyl sites for hydroxylation is 3. The molecule has 0 spiro atoms. The Kier molecular flexibility index (Phi) is 5.41. The van der Waals surface area contributed by atoms with Crippen molar-refractivity contribution in [3.8, 4) is 11.5 Å². The highest BCUT2D eigenvalue weighted by Crippen LogP contribution is 2.33. The van der Waals surface area contributed by atoms with Gasteiger partial charge in [0.25, 0.3) is 0 Å². The van der Waals surface area contributed by atoms with Crippen LogP contribution < -0.4 is 14.4 Å². The number of fused-ring (bicyclic) bond motifs is 1. The van der Waals surface area contributed by atoms with Crippen molar-refractivity contribution in [3.63, 3.8) is 0 Å². The molecule has 158 valence electrons. The molecule has 2 aromatic carbocycles. The molecule has 0 saturated carbocycles. The molecule has 2 aliphatic rings. The van der Waals surface area contributed by atoms with Crippen molar-refractivity contribution in [1.82, 2.24) is 4.90 Å². The van der Waals surface area contributed by atoms with Crippen LogP contribution in [0, 0.1) is 26.7 Å². The topological polar surface area (TPSA) is 59.1 Å². The molecule has 0 aliphatic carbocycles. The van der Waals surface area contributed by atoms with Crippen molar-refractivity contribution in [3.05, 3.63) is 52.6 Å². The molecule has 6 nitrogen and oxygen atoms in total. The molecule has 1 atom stereocenters. The fourth-order valence-electron chi connectivity index (χ4n) is 4.61. The van der Waals surface area contributed by atoms with E-state index in [1.165, 1.54) is 5.56 Å². The van der Waals surface area contributed by atoms with Gasteiger partial charge in [-0.2, -0.15) is 0 Å². The Hall–Kier alpha value is -3.02. The lowest BCUT2D eigenvalue weighted by molar-refractivity contribution is -0.136. The van der Waals surface area contributed by atoms with E-state index in [0.717, 1.165) is 33.9 Å². The molecule has 1 unspecified atom stereocenters. The zero-order valence-electron chi connectivity index (χ0n) is 18.0. The molecule has 6 heteroatoms. The Morgan fingerprint density at radius 1 is 1.13 bits per heavy atom. The fourth-order valence-corrected chi connectivity index (χ4v) is 4.61. The number of nitrogens with zero attached hydrogens (tertiary/aromatic N) is 2. The summed E-state index contributed by atoms with van der Waals surface area (Å²) >= 11 is 0. The van der Waals surface area contributed by atoms with Gasteiger partial charge < -0.3 is 19.3 Å². The number of amides is 2. The van der Waals surface area contributed by atoms with Crippen molar-refractivity contribution in [2.24, 2.45) is 5.92 Å². The van der Waals surface area contributed by atoms with E-state index in [9.17, 15) is 9.59 Å². The van der Waals surface area contributed by atoms with Gasteiger partial charge in [-0.3, -0.25) is 9.59 Å². The lowest BCUT2D eigenvalue weighted by Gasteiger charge is -2.25. The fraction of sp³-hybridized carbons (Fsp3) is 0.417. The first-order valence-corrected chi connectivity index (χ1v) is 10.3. The predicted molar refractivity (Wildman–Crippen MR) is 115 cm³/mol. The van der Waals surface area contributed by atoms with Crippen LogP contribution in [0.15, 0.2) is 30.3 Å². The van der Waals surface area contributed by atoms with Crippen molar-refractivity contribution in [2.45, 2.75) is 33.7 Å². The molecule has 0 bridgehead atoms. The van der Waals surface area contributed by atoms with E-state index in [1.54, 1.807) is 12.0 Å². The molecule has 2 aromatic rings. The molecule has 2 amide bonds. The van der Waals surface area contributed by atoms with Crippen LogP contribution in [0.4, 0.5) is 5.69 Å². The van der Waals surface area contributed by atoms with Gasteiger partial charge >= 0.3 is 0 Å². The molecule has 0 aromatic heterocycles. The number of hydrogen-bond acceptors (Lipinski definition) is 4. The van der Waals surface area contributed by atoms with E-state index in [-0.39, 0.29) is 24.2 Å². The van der Waals surface area contributed by atoms with Crippen LogP contribution in [0.1, 0.15) is 28.7 Å². The molecule has 2 heterocycles. The maximum absolute atomic E-state index is 13.3. The van der Waals surface area contributed by atoms with Crippen LogP contribution in [0.3, 0.4) is 0 Å². The highest BCUT2D eigenvalue weighted by Gasteiger charge is 2.38. The first-order valence-electron chi connectivity index (χ1n) is 10.3. The predicted octanol–water partition coefficient (Wildman–Crippen LogP) is 3.39. The average molecular weight is 408 g/mol. The Morgan fingerprint density at radius 3 is 2.57 bits per heavy atom. The summed E-state index contributed by atoms with van der Waals surface area (Å²) in [4.78, 5) is 29.7. The smallest absolute Gasteiger partial charge is 0.228 e. The summed E-state index contributed by atoms with van der Waals surface area (Å²) < 4.78 is 11.1. The quantitative estimate of drug-likeness (QED) is 0.781. The number of anilines is 1. The molecule has 0 N–H and O–H groups in total. The van der Waals surface area contributed by atoms with E-state index in [2.05, 4.69) is 19.1 Å². The highest BCUT2D eigenvalue weighted by molar-refractivity contribution is 6.01. The average Bonchev–Trinajstić information content (AvgIpc) is 2.95. The molecule has 0 radical (unpaired) electrons. The van der Waals surface area contributed by atoms with E-state index in [1.807, 2.05) is 36.9 Å². The minimum Gasteiger partial charge on any atom is -0.497 e. The largest absolute Gasteiger partial charge is 0.497 e.